The molecule has 0 amide bonds. The van der Waals surface area contributed by atoms with Crippen LogP contribution in [0.25, 0.3) is 0 Å². The molecule has 0 aliphatic carbocycles. The van der Waals surface area contributed by atoms with Crippen LogP contribution in [0.2, 0.25) is 0 Å². The van der Waals surface area contributed by atoms with Crippen molar-refractivity contribution in [3.63, 3.8) is 0 Å². The van der Waals surface area contributed by atoms with E-state index in [1.165, 1.54) is 19.2 Å². The Balaban J connectivity index is 2.59. The van der Waals surface area contributed by atoms with E-state index in [0.29, 0.717) is 12.3 Å². The van der Waals surface area contributed by atoms with Gasteiger partial charge in [0, 0.05) is 26.1 Å². The van der Waals surface area contributed by atoms with Gasteiger partial charge in [-0.25, -0.2) is 4.39 Å². The molecule has 0 spiro atoms. The zero-order valence-corrected chi connectivity index (χ0v) is 12.6. The summed E-state index contributed by atoms with van der Waals surface area (Å²) in [7, 11) is 7.40. The van der Waals surface area contributed by atoms with Crippen LogP contribution < -0.4 is 4.74 Å². The molecular formula is C15H23FN2O2. The molecule has 0 aromatic heterocycles. The fraction of sp³-hybridized carbons (Fsp3) is 0.533. The Labute approximate surface area is 120 Å². The number of halogens is 1. The van der Waals surface area contributed by atoms with Crippen LogP contribution >= 0.6 is 0 Å². The molecular weight excluding hydrogens is 259 g/mol. The predicted octanol–water partition coefficient (Wildman–Crippen LogP) is 1.90. The Morgan fingerprint density at radius 1 is 1.20 bits per heavy atom. The Hall–Kier alpha value is -1.46. The number of likely N-dealkylation sites (N-methyl/N-ethyl adjacent to an activating group) is 2. The highest BCUT2D eigenvalue weighted by molar-refractivity contribution is 5.99. The summed E-state index contributed by atoms with van der Waals surface area (Å²) in [6, 6.07) is 4.42. The summed E-state index contributed by atoms with van der Waals surface area (Å²) in [4.78, 5) is 16.3. The molecule has 0 bridgehead atoms. The number of carbonyl (C=O) groups excluding carboxylic acids is 1. The van der Waals surface area contributed by atoms with Crippen LogP contribution in [-0.2, 0) is 0 Å². The molecule has 4 nitrogen and oxygen atoms in total. The molecule has 0 unspecified atom stereocenters. The van der Waals surface area contributed by atoms with Gasteiger partial charge in [0.05, 0.1) is 12.7 Å². The molecule has 5 heteroatoms. The van der Waals surface area contributed by atoms with E-state index >= 15 is 0 Å². The molecule has 0 N–H and O–H groups in total. The minimum Gasteiger partial charge on any atom is -0.496 e. The van der Waals surface area contributed by atoms with Gasteiger partial charge in [-0.2, -0.15) is 0 Å². The normalized spacial score (nSPS) is 11.2. The van der Waals surface area contributed by atoms with Gasteiger partial charge in [0.25, 0.3) is 0 Å². The second-order valence-corrected chi connectivity index (χ2v) is 5.10. The molecule has 0 atom stereocenters. The van der Waals surface area contributed by atoms with Crippen LogP contribution in [0, 0.1) is 5.82 Å². The molecule has 0 fully saturated rings. The smallest absolute Gasteiger partial charge is 0.170 e. The number of Topliss-reactive ketones (excluding diaryl/α,β-unsaturated/α-hetero) is 1. The molecule has 20 heavy (non-hydrogen) atoms. The number of rotatable bonds is 8. The van der Waals surface area contributed by atoms with Crippen molar-refractivity contribution in [1.29, 1.82) is 0 Å². The summed E-state index contributed by atoms with van der Waals surface area (Å²) < 4.78 is 18.8. The highest BCUT2D eigenvalue weighted by Gasteiger charge is 2.17. The highest BCUT2D eigenvalue weighted by atomic mass is 19.1. The minimum atomic E-state index is -0.523. The molecule has 112 valence electrons. The zero-order valence-electron chi connectivity index (χ0n) is 12.6. The van der Waals surface area contributed by atoms with Crippen LogP contribution in [0.15, 0.2) is 18.2 Å². The third-order valence-electron chi connectivity index (χ3n) is 3.12. The number of hydrogen-bond donors (Lipinski definition) is 0. The maximum absolute atomic E-state index is 13.7. The lowest BCUT2D eigenvalue weighted by Crippen LogP contribution is -2.30. The van der Waals surface area contributed by atoms with Crippen molar-refractivity contribution >= 4 is 5.78 Å². The Morgan fingerprint density at radius 3 is 2.50 bits per heavy atom. The number of carbonyl (C=O) groups is 1. The Bertz CT molecular complexity index is 449. The molecule has 1 rings (SSSR count). The number of benzene rings is 1. The minimum absolute atomic E-state index is 0.0519. The lowest BCUT2D eigenvalue weighted by atomic mass is 10.1. The first-order chi connectivity index (χ1) is 9.45. The van der Waals surface area contributed by atoms with E-state index in [4.69, 9.17) is 4.74 Å². The van der Waals surface area contributed by atoms with Gasteiger partial charge < -0.3 is 14.5 Å². The van der Waals surface area contributed by atoms with E-state index in [2.05, 4.69) is 9.80 Å². The van der Waals surface area contributed by atoms with E-state index in [1.807, 2.05) is 21.1 Å². The van der Waals surface area contributed by atoms with Crippen LogP contribution in [0.1, 0.15) is 16.8 Å². The van der Waals surface area contributed by atoms with Crippen LogP contribution in [0.4, 0.5) is 4.39 Å². The predicted molar refractivity (Wildman–Crippen MR) is 78.0 cm³/mol. The molecule has 0 aliphatic heterocycles. The summed E-state index contributed by atoms with van der Waals surface area (Å²) in [5.74, 6) is -0.451. The maximum atomic E-state index is 13.7. The summed E-state index contributed by atoms with van der Waals surface area (Å²) >= 11 is 0. The lowest BCUT2D eigenvalue weighted by Gasteiger charge is -2.19. The third-order valence-corrected chi connectivity index (χ3v) is 3.12. The topological polar surface area (TPSA) is 32.8 Å². The summed E-state index contributed by atoms with van der Waals surface area (Å²) in [5, 5.41) is 0. The maximum Gasteiger partial charge on any atom is 0.170 e. The SMILES string of the molecule is COc1cccc(F)c1C(=O)CCN(C)CCN(C)C. The van der Waals surface area contributed by atoms with Crippen molar-refractivity contribution in [2.24, 2.45) is 0 Å². The van der Waals surface area contributed by atoms with Crippen LogP contribution in [0.3, 0.4) is 0 Å². The standard InChI is InChI=1S/C15H23FN2O2/c1-17(2)10-11-18(3)9-8-13(19)15-12(16)6-5-7-14(15)20-4/h5-7H,8-11H2,1-4H3. The van der Waals surface area contributed by atoms with E-state index in [-0.39, 0.29) is 17.8 Å². The van der Waals surface area contributed by atoms with Gasteiger partial charge in [0.2, 0.25) is 0 Å². The van der Waals surface area contributed by atoms with Crippen LogP contribution in [-0.4, -0.2) is 63.5 Å². The lowest BCUT2D eigenvalue weighted by molar-refractivity contribution is 0.0961. The molecule has 0 heterocycles. The average molecular weight is 282 g/mol. The van der Waals surface area contributed by atoms with Crippen LogP contribution in [0.5, 0.6) is 5.75 Å². The molecule has 1 aromatic rings. The average Bonchev–Trinajstić information content (AvgIpc) is 2.42. The fourth-order valence-corrected chi connectivity index (χ4v) is 1.84. The van der Waals surface area contributed by atoms with E-state index in [0.717, 1.165) is 13.1 Å². The van der Waals surface area contributed by atoms with Crippen molar-refractivity contribution in [2.45, 2.75) is 6.42 Å². The number of nitrogens with zero attached hydrogens (tertiary/aromatic N) is 2. The van der Waals surface area contributed by atoms with Gasteiger partial charge in [-0.15, -0.1) is 0 Å². The first kappa shape index (κ1) is 16.6. The first-order valence-corrected chi connectivity index (χ1v) is 6.64. The van der Waals surface area contributed by atoms with Gasteiger partial charge in [-0.05, 0) is 33.3 Å². The fourth-order valence-electron chi connectivity index (χ4n) is 1.84. The number of ether oxygens (including phenoxy) is 1. The number of methoxy groups -OCH3 is 1. The zero-order chi connectivity index (χ0) is 15.1. The molecule has 0 aliphatic rings. The van der Waals surface area contributed by atoms with Crippen molar-refractivity contribution < 1.29 is 13.9 Å². The second-order valence-electron chi connectivity index (χ2n) is 5.10. The first-order valence-electron chi connectivity index (χ1n) is 6.64. The second kappa shape index (κ2) is 7.97. The molecule has 0 saturated heterocycles. The monoisotopic (exact) mass is 282 g/mol. The van der Waals surface area contributed by atoms with E-state index in [9.17, 15) is 9.18 Å². The molecule has 0 radical (unpaired) electrons. The molecule has 0 saturated carbocycles. The number of hydrogen-bond acceptors (Lipinski definition) is 4. The van der Waals surface area contributed by atoms with E-state index in [1.54, 1.807) is 6.07 Å². The van der Waals surface area contributed by atoms with Gasteiger partial charge in [0.15, 0.2) is 5.78 Å². The Morgan fingerprint density at radius 2 is 1.90 bits per heavy atom. The summed E-state index contributed by atoms with van der Waals surface area (Å²) in [6.45, 7) is 2.40. The molecule has 1 aromatic carbocycles. The largest absolute Gasteiger partial charge is 0.496 e. The van der Waals surface area contributed by atoms with Gasteiger partial charge >= 0.3 is 0 Å². The van der Waals surface area contributed by atoms with E-state index < -0.39 is 5.82 Å². The quantitative estimate of drug-likeness (QED) is 0.682. The van der Waals surface area contributed by atoms with Crippen molar-refractivity contribution in [3.05, 3.63) is 29.6 Å². The third kappa shape index (κ3) is 4.90. The van der Waals surface area contributed by atoms with Crippen molar-refractivity contribution in [3.8, 4) is 5.75 Å². The van der Waals surface area contributed by atoms with Gasteiger partial charge in [0.1, 0.15) is 11.6 Å². The van der Waals surface area contributed by atoms with Gasteiger partial charge in [-0.1, -0.05) is 6.07 Å². The Kier molecular flexibility index (Phi) is 6.61. The number of ketones is 1. The van der Waals surface area contributed by atoms with Gasteiger partial charge in [-0.3, -0.25) is 4.79 Å². The summed E-state index contributed by atoms with van der Waals surface area (Å²) in [5.41, 5.74) is 0.0519. The highest BCUT2D eigenvalue weighted by Crippen LogP contribution is 2.22. The van der Waals surface area contributed by atoms with Crippen molar-refractivity contribution in [2.75, 3.05) is 47.9 Å². The summed E-state index contributed by atoms with van der Waals surface area (Å²) in [6.07, 6.45) is 0.279. The van der Waals surface area contributed by atoms with Crippen molar-refractivity contribution in [1.82, 2.24) is 9.80 Å².